The zero-order chi connectivity index (χ0) is 6.97. The molecule has 0 saturated heterocycles. The number of rotatable bonds is 1. The fourth-order valence-corrected chi connectivity index (χ4v) is 0.843. The standard InChI is InChI=1S/C6H5N3O/c1-2-4-3-7-6-5(4)8-10-9-6/h2-3H,1H2,(H,7,9). The van der Waals surface area contributed by atoms with E-state index in [9.17, 15) is 0 Å². The lowest BCUT2D eigenvalue weighted by Crippen LogP contribution is -1.63. The summed E-state index contributed by atoms with van der Waals surface area (Å²) in [7, 11) is 0. The second kappa shape index (κ2) is 1.70. The molecule has 0 bridgehead atoms. The van der Waals surface area contributed by atoms with Gasteiger partial charge < -0.3 is 4.98 Å². The summed E-state index contributed by atoms with van der Waals surface area (Å²) in [6.07, 6.45) is 3.48. The largest absolute Gasteiger partial charge is 0.341 e. The quantitative estimate of drug-likeness (QED) is 0.639. The van der Waals surface area contributed by atoms with Crippen LogP contribution in [0.2, 0.25) is 0 Å². The highest BCUT2D eigenvalue weighted by molar-refractivity contribution is 5.81. The van der Waals surface area contributed by atoms with Crippen molar-refractivity contribution in [2.45, 2.75) is 0 Å². The Morgan fingerprint density at radius 3 is 3.30 bits per heavy atom. The van der Waals surface area contributed by atoms with Gasteiger partial charge in [0.2, 0.25) is 5.65 Å². The van der Waals surface area contributed by atoms with Crippen LogP contribution >= 0.6 is 0 Å². The van der Waals surface area contributed by atoms with Gasteiger partial charge in [-0.2, -0.15) is 0 Å². The molecule has 50 valence electrons. The maximum absolute atomic E-state index is 4.47. The van der Waals surface area contributed by atoms with E-state index in [0.29, 0.717) is 5.65 Å². The average Bonchev–Trinajstić information content (AvgIpc) is 2.44. The summed E-state index contributed by atoms with van der Waals surface area (Å²) in [6.45, 7) is 3.60. The molecule has 0 unspecified atom stereocenters. The van der Waals surface area contributed by atoms with Crippen LogP contribution in [-0.2, 0) is 0 Å². The van der Waals surface area contributed by atoms with Gasteiger partial charge in [-0.05, 0) is 10.3 Å². The van der Waals surface area contributed by atoms with Crippen molar-refractivity contribution < 1.29 is 4.63 Å². The Balaban J connectivity index is 2.88. The Kier molecular flexibility index (Phi) is 0.887. The number of hydrogen-bond donors (Lipinski definition) is 1. The molecule has 4 nitrogen and oxygen atoms in total. The number of aromatic nitrogens is 3. The Bertz CT molecular complexity index is 360. The van der Waals surface area contributed by atoms with Gasteiger partial charge in [-0.1, -0.05) is 12.7 Å². The molecule has 0 aliphatic carbocycles. The Morgan fingerprint density at radius 2 is 2.50 bits per heavy atom. The van der Waals surface area contributed by atoms with Crippen LogP contribution < -0.4 is 0 Å². The first-order valence-electron chi connectivity index (χ1n) is 2.84. The summed E-state index contributed by atoms with van der Waals surface area (Å²) in [5, 5.41) is 7.26. The zero-order valence-corrected chi connectivity index (χ0v) is 5.16. The number of aromatic amines is 1. The maximum Gasteiger partial charge on any atom is 0.202 e. The van der Waals surface area contributed by atoms with Gasteiger partial charge in [-0.3, -0.25) is 0 Å². The van der Waals surface area contributed by atoms with Crippen LogP contribution in [0.15, 0.2) is 17.4 Å². The lowest BCUT2D eigenvalue weighted by Gasteiger charge is -1.74. The highest BCUT2D eigenvalue weighted by Crippen LogP contribution is 2.13. The molecule has 0 aliphatic heterocycles. The number of hydrogen-bond acceptors (Lipinski definition) is 3. The molecular formula is C6H5N3O. The molecule has 0 fully saturated rings. The summed E-state index contributed by atoms with van der Waals surface area (Å²) < 4.78 is 4.47. The number of H-pyrrole nitrogens is 1. The van der Waals surface area contributed by atoms with Gasteiger partial charge >= 0.3 is 0 Å². The zero-order valence-electron chi connectivity index (χ0n) is 5.16. The fraction of sp³-hybridized carbons (Fsp3) is 0. The summed E-state index contributed by atoms with van der Waals surface area (Å²) in [4.78, 5) is 2.88. The van der Waals surface area contributed by atoms with Gasteiger partial charge in [0.15, 0.2) is 5.52 Å². The van der Waals surface area contributed by atoms with Crippen LogP contribution in [0.25, 0.3) is 17.2 Å². The van der Waals surface area contributed by atoms with E-state index in [4.69, 9.17) is 0 Å². The van der Waals surface area contributed by atoms with Crippen LogP contribution in [0.1, 0.15) is 5.56 Å². The predicted octanol–water partition coefficient (Wildman–Crippen LogP) is 1.19. The Morgan fingerprint density at radius 1 is 1.60 bits per heavy atom. The van der Waals surface area contributed by atoms with Crippen molar-refractivity contribution in [3.63, 3.8) is 0 Å². The molecule has 0 aliphatic rings. The molecule has 1 N–H and O–H groups in total. The van der Waals surface area contributed by atoms with Gasteiger partial charge in [0, 0.05) is 11.8 Å². The lowest BCUT2D eigenvalue weighted by atomic mass is 10.3. The van der Waals surface area contributed by atoms with Gasteiger partial charge in [0.1, 0.15) is 0 Å². The van der Waals surface area contributed by atoms with Gasteiger partial charge in [-0.25, -0.2) is 4.63 Å². The third-order valence-electron chi connectivity index (χ3n) is 1.35. The van der Waals surface area contributed by atoms with E-state index >= 15 is 0 Å². The predicted molar refractivity (Wildman–Crippen MR) is 36.2 cm³/mol. The smallest absolute Gasteiger partial charge is 0.202 e. The van der Waals surface area contributed by atoms with Gasteiger partial charge in [0.25, 0.3) is 0 Å². The number of nitrogens with zero attached hydrogens (tertiary/aromatic N) is 2. The first kappa shape index (κ1) is 5.22. The summed E-state index contributed by atoms with van der Waals surface area (Å²) in [5.74, 6) is 0. The van der Waals surface area contributed by atoms with Crippen LogP contribution in [0.3, 0.4) is 0 Å². The van der Waals surface area contributed by atoms with Crippen molar-refractivity contribution in [3.8, 4) is 0 Å². The van der Waals surface area contributed by atoms with Crippen molar-refractivity contribution in [1.82, 2.24) is 15.3 Å². The normalized spacial score (nSPS) is 10.4. The van der Waals surface area contributed by atoms with Crippen molar-refractivity contribution >= 4 is 17.2 Å². The molecule has 0 saturated carbocycles. The first-order valence-corrected chi connectivity index (χ1v) is 2.84. The molecule has 4 heteroatoms. The molecule has 0 amide bonds. The topological polar surface area (TPSA) is 54.7 Å². The van der Waals surface area contributed by atoms with E-state index in [1.165, 1.54) is 0 Å². The van der Waals surface area contributed by atoms with Crippen molar-refractivity contribution in [2.75, 3.05) is 0 Å². The molecule has 10 heavy (non-hydrogen) atoms. The van der Waals surface area contributed by atoms with Crippen molar-refractivity contribution in [3.05, 3.63) is 18.3 Å². The van der Waals surface area contributed by atoms with E-state index in [2.05, 4.69) is 26.5 Å². The Labute approximate surface area is 56.5 Å². The number of fused-ring (bicyclic) bond motifs is 1. The van der Waals surface area contributed by atoms with Crippen molar-refractivity contribution in [1.29, 1.82) is 0 Å². The minimum absolute atomic E-state index is 0.662. The maximum atomic E-state index is 4.47. The average molecular weight is 135 g/mol. The van der Waals surface area contributed by atoms with E-state index in [1.807, 2.05) is 0 Å². The Hall–Kier alpha value is -1.58. The molecular weight excluding hydrogens is 130 g/mol. The molecule has 0 atom stereocenters. The second-order valence-corrected chi connectivity index (χ2v) is 1.91. The molecule has 2 rings (SSSR count). The molecule has 2 aromatic heterocycles. The molecule has 2 heterocycles. The first-order chi connectivity index (χ1) is 4.92. The minimum atomic E-state index is 0.662. The SMILES string of the molecule is C=Cc1c[nH]c2nonc12. The summed E-state index contributed by atoms with van der Waals surface area (Å²) in [5.41, 5.74) is 2.31. The number of nitrogens with one attached hydrogen (secondary N) is 1. The monoisotopic (exact) mass is 135 g/mol. The van der Waals surface area contributed by atoms with Crippen LogP contribution in [0.4, 0.5) is 0 Å². The highest BCUT2D eigenvalue weighted by Gasteiger charge is 2.04. The van der Waals surface area contributed by atoms with Crippen LogP contribution in [0, 0.1) is 0 Å². The van der Waals surface area contributed by atoms with Crippen LogP contribution in [-0.4, -0.2) is 15.3 Å². The minimum Gasteiger partial charge on any atom is -0.341 e. The summed E-state index contributed by atoms with van der Waals surface area (Å²) >= 11 is 0. The lowest BCUT2D eigenvalue weighted by molar-refractivity contribution is 0.314. The van der Waals surface area contributed by atoms with E-state index < -0.39 is 0 Å². The summed E-state index contributed by atoms with van der Waals surface area (Å²) in [6, 6.07) is 0. The second-order valence-electron chi connectivity index (χ2n) is 1.91. The highest BCUT2D eigenvalue weighted by atomic mass is 16.6. The molecule has 0 spiro atoms. The van der Waals surface area contributed by atoms with E-state index in [-0.39, 0.29) is 0 Å². The molecule has 0 aromatic carbocycles. The molecule has 0 radical (unpaired) electrons. The van der Waals surface area contributed by atoms with Crippen LogP contribution in [0.5, 0.6) is 0 Å². The fourth-order valence-electron chi connectivity index (χ4n) is 0.843. The third-order valence-corrected chi connectivity index (χ3v) is 1.35. The van der Waals surface area contributed by atoms with Gasteiger partial charge in [0.05, 0.1) is 0 Å². The third kappa shape index (κ3) is 0.500. The van der Waals surface area contributed by atoms with E-state index in [0.717, 1.165) is 11.1 Å². The molecule has 2 aromatic rings. The van der Waals surface area contributed by atoms with E-state index in [1.54, 1.807) is 12.3 Å². The van der Waals surface area contributed by atoms with Gasteiger partial charge in [-0.15, -0.1) is 0 Å². The van der Waals surface area contributed by atoms with Crippen molar-refractivity contribution in [2.24, 2.45) is 0 Å².